The second-order valence-electron chi connectivity index (χ2n) is 7.41. The first-order valence-electron chi connectivity index (χ1n) is 9.36. The lowest BCUT2D eigenvalue weighted by Gasteiger charge is -2.25. The summed E-state index contributed by atoms with van der Waals surface area (Å²) in [6, 6.07) is 9.25. The molecule has 30 heavy (non-hydrogen) atoms. The summed E-state index contributed by atoms with van der Waals surface area (Å²) in [7, 11) is 0. The number of anilines is 1. The lowest BCUT2D eigenvalue weighted by Crippen LogP contribution is -2.54. The van der Waals surface area contributed by atoms with Gasteiger partial charge in [0.05, 0.1) is 14.9 Å². The van der Waals surface area contributed by atoms with Crippen LogP contribution in [0.25, 0.3) is 0 Å². The van der Waals surface area contributed by atoms with Crippen LogP contribution in [-0.2, 0) is 10.3 Å². The Morgan fingerprint density at radius 2 is 1.97 bits per heavy atom. The number of nitrogens with zero attached hydrogens (tertiary/aromatic N) is 1. The number of hydrogen-bond donors (Lipinski definition) is 2. The zero-order chi connectivity index (χ0) is 21.6. The molecule has 1 amide bonds. The van der Waals surface area contributed by atoms with Crippen LogP contribution in [0.1, 0.15) is 24.0 Å². The number of nitro groups is 1. The SMILES string of the molecule is C=CCOc1c(Br)cc([C@@H]2[C@H](C)N[C@@]3(C(=O)Nc4ccccc43)[C@@H]2[N+](=O)[O-])cc1Br. The van der Waals surface area contributed by atoms with Gasteiger partial charge in [0.1, 0.15) is 12.4 Å². The van der Waals surface area contributed by atoms with Gasteiger partial charge in [-0.3, -0.25) is 20.2 Å². The molecule has 0 aliphatic carbocycles. The van der Waals surface area contributed by atoms with E-state index in [9.17, 15) is 14.9 Å². The molecule has 7 nitrogen and oxygen atoms in total. The van der Waals surface area contributed by atoms with Gasteiger partial charge in [0.2, 0.25) is 0 Å². The number of benzene rings is 2. The van der Waals surface area contributed by atoms with Crippen LogP contribution in [-0.4, -0.2) is 29.5 Å². The van der Waals surface area contributed by atoms with Gasteiger partial charge in [-0.15, -0.1) is 0 Å². The van der Waals surface area contributed by atoms with Gasteiger partial charge in [-0.1, -0.05) is 30.9 Å². The van der Waals surface area contributed by atoms with E-state index in [1.54, 1.807) is 30.3 Å². The highest BCUT2D eigenvalue weighted by atomic mass is 79.9. The Kier molecular flexibility index (Phi) is 5.46. The summed E-state index contributed by atoms with van der Waals surface area (Å²) in [5, 5.41) is 18.4. The maximum atomic E-state index is 13.1. The minimum atomic E-state index is -1.43. The lowest BCUT2D eigenvalue weighted by molar-refractivity contribution is -0.532. The summed E-state index contributed by atoms with van der Waals surface area (Å²) in [6.07, 6.45) is 1.64. The van der Waals surface area contributed by atoms with E-state index in [0.29, 0.717) is 32.6 Å². The predicted molar refractivity (Wildman–Crippen MR) is 120 cm³/mol. The predicted octanol–water partition coefficient (Wildman–Crippen LogP) is 4.34. The summed E-state index contributed by atoms with van der Waals surface area (Å²) in [5.41, 5.74) is 0.511. The quantitative estimate of drug-likeness (QED) is 0.337. The molecular weight excluding hydrogens is 518 g/mol. The van der Waals surface area contributed by atoms with Crippen LogP contribution in [0, 0.1) is 10.1 Å². The molecule has 0 unspecified atom stereocenters. The zero-order valence-electron chi connectivity index (χ0n) is 16.0. The van der Waals surface area contributed by atoms with Crippen molar-refractivity contribution in [3.63, 3.8) is 0 Å². The molecule has 2 aliphatic heterocycles. The smallest absolute Gasteiger partial charge is 0.256 e. The van der Waals surface area contributed by atoms with Crippen molar-refractivity contribution in [1.29, 1.82) is 0 Å². The summed E-state index contributed by atoms with van der Waals surface area (Å²) >= 11 is 7.01. The van der Waals surface area contributed by atoms with E-state index in [-0.39, 0.29) is 11.0 Å². The minimum Gasteiger partial charge on any atom is -0.487 e. The highest BCUT2D eigenvalue weighted by molar-refractivity contribution is 9.11. The first kappa shape index (κ1) is 21.0. The minimum absolute atomic E-state index is 0.323. The standard InChI is InChI=1S/C21H19Br2N3O4/c1-3-8-30-18-14(22)9-12(10-15(18)23)17-11(2)25-21(19(17)26(28)29)13-6-4-5-7-16(13)24-20(21)27/h3-7,9-11,17,19,25H,1,8H2,2H3,(H,24,27)/t11-,17-,19+,21+/m0/s1. The number of carbonyl (C=O) groups excluding carboxylic acids is 1. The highest BCUT2D eigenvalue weighted by Gasteiger charge is 2.67. The van der Waals surface area contributed by atoms with E-state index in [1.165, 1.54) is 0 Å². The fraction of sp³-hybridized carbons (Fsp3) is 0.286. The molecule has 156 valence electrons. The van der Waals surface area contributed by atoms with Gasteiger partial charge in [-0.25, -0.2) is 0 Å². The van der Waals surface area contributed by atoms with Crippen LogP contribution >= 0.6 is 31.9 Å². The van der Waals surface area contributed by atoms with Gasteiger partial charge < -0.3 is 10.1 Å². The molecule has 2 aromatic rings. The van der Waals surface area contributed by atoms with Crippen LogP contribution < -0.4 is 15.4 Å². The van der Waals surface area contributed by atoms with Crippen LogP contribution in [0.3, 0.4) is 0 Å². The van der Waals surface area contributed by atoms with Gasteiger partial charge in [-0.05, 0) is 62.5 Å². The lowest BCUT2D eigenvalue weighted by atomic mass is 9.78. The average Bonchev–Trinajstić information content (AvgIpc) is 3.16. The van der Waals surface area contributed by atoms with E-state index < -0.39 is 23.4 Å². The molecule has 2 aliphatic rings. The number of rotatable bonds is 5. The fourth-order valence-corrected chi connectivity index (χ4v) is 6.06. The molecule has 1 spiro atoms. The Bertz CT molecular complexity index is 1040. The molecule has 0 radical (unpaired) electrons. The van der Waals surface area contributed by atoms with E-state index in [4.69, 9.17) is 4.74 Å². The molecule has 0 bridgehead atoms. The molecule has 1 saturated heterocycles. The number of para-hydroxylation sites is 1. The molecule has 0 saturated carbocycles. The van der Waals surface area contributed by atoms with Gasteiger partial charge in [0.25, 0.3) is 11.9 Å². The van der Waals surface area contributed by atoms with Gasteiger partial charge in [0.15, 0.2) is 5.54 Å². The molecule has 1 fully saturated rings. The summed E-state index contributed by atoms with van der Waals surface area (Å²) < 4.78 is 7.00. The third-order valence-electron chi connectivity index (χ3n) is 5.71. The van der Waals surface area contributed by atoms with Crippen molar-refractivity contribution in [3.8, 4) is 5.75 Å². The number of nitrogens with one attached hydrogen (secondary N) is 2. The maximum Gasteiger partial charge on any atom is 0.256 e. The Morgan fingerprint density at radius 3 is 2.60 bits per heavy atom. The molecular formula is C21H19Br2N3O4. The maximum absolute atomic E-state index is 13.1. The molecule has 2 N–H and O–H groups in total. The normalized spacial score (nSPS) is 27.0. The molecule has 2 heterocycles. The van der Waals surface area contributed by atoms with Crippen LogP contribution in [0.15, 0.2) is 58.0 Å². The van der Waals surface area contributed by atoms with Crippen LogP contribution in [0.5, 0.6) is 5.75 Å². The number of halogens is 2. The van der Waals surface area contributed by atoms with Crippen molar-refractivity contribution in [1.82, 2.24) is 5.32 Å². The Balaban J connectivity index is 1.83. The van der Waals surface area contributed by atoms with E-state index in [0.717, 1.165) is 5.56 Å². The largest absolute Gasteiger partial charge is 0.487 e. The van der Waals surface area contributed by atoms with E-state index >= 15 is 0 Å². The van der Waals surface area contributed by atoms with Crippen molar-refractivity contribution in [2.45, 2.75) is 30.5 Å². The average molecular weight is 537 g/mol. The van der Waals surface area contributed by atoms with Gasteiger partial charge in [0, 0.05) is 22.2 Å². The van der Waals surface area contributed by atoms with Crippen molar-refractivity contribution >= 4 is 43.5 Å². The first-order valence-corrected chi connectivity index (χ1v) is 10.9. The van der Waals surface area contributed by atoms with Crippen molar-refractivity contribution in [2.24, 2.45) is 0 Å². The second kappa shape index (κ2) is 7.79. The molecule has 4 rings (SSSR count). The van der Waals surface area contributed by atoms with Crippen LogP contribution in [0.2, 0.25) is 0 Å². The van der Waals surface area contributed by atoms with E-state index in [2.05, 4.69) is 49.1 Å². The monoisotopic (exact) mass is 535 g/mol. The van der Waals surface area contributed by atoms with Crippen LogP contribution in [0.4, 0.5) is 5.69 Å². The first-order chi connectivity index (χ1) is 14.3. The Labute approximate surface area is 190 Å². The van der Waals surface area contributed by atoms with Gasteiger partial charge in [-0.2, -0.15) is 0 Å². The fourth-order valence-electron chi connectivity index (χ4n) is 4.61. The number of carbonyl (C=O) groups is 1. The highest BCUT2D eigenvalue weighted by Crippen LogP contribution is 2.50. The number of hydrogen-bond acceptors (Lipinski definition) is 5. The van der Waals surface area contributed by atoms with Crippen molar-refractivity contribution < 1.29 is 14.5 Å². The number of fused-ring (bicyclic) bond motifs is 2. The van der Waals surface area contributed by atoms with E-state index in [1.807, 2.05) is 19.1 Å². The molecule has 9 heteroatoms. The summed E-state index contributed by atoms with van der Waals surface area (Å²) in [5.74, 6) is -0.352. The van der Waals surface area contributed by atoms with Crippen molar-refractivity contribution in [3.05, 3.63) is 79.2 Å². The summed E-state index contributed by atoms with van der Waals surface area (Å²) in [6.45, 7) is 5.84. The molecule has 0 aromatic heterocycles. The zero-order valence-corrected chi connectivity index (χ0v) is 19.2. The van der Waals surface area contributed by atoms with Gasteiger partial charge >= 0.3 is 0 Å². The summed E-state index contributed by atoms with van der Waals surface area (Å²) in [4.78, 5) is 25.1. The molecule has 2 aromatic carbocycles. The topological polar surface area (TPSA) is 93.5 Å². The Hall–Kier alpha value is -2.23. The molecule has 4 atom stereocenters. The van der Waals surface area contributed by atoms with Crippen molar-refractivity contribution in [2.75, 3.05) is 11.9 Å². The third kappa shape index (κ3) is 3.07. The number of amides is 1. The second-order valence-corrected chi connectivity index (χ2v) is 9.12. The third-order valence-corrected chi connectivity index (χ3v) is 6.89. The Morgan fingerprint density at radius 1 is 1.30 bits per heavy atom. The number of ether oxygens (including phenoxy) is 1.